The molecule has 2 N–H and O–H groups in total. The molecule has 1 aliphatic rings. The third-order valence-corrected chi connectivity index (χ3v) is 3.07. The first kappa shape index (κ1) is 18.3. The number of carboxylic acids is 1. The van der Waals surface area contributed by atoms with Gasteiger partial charge in [-0.25, -0.2) is 14.4 Å². The summed E-state index contributed by atoms with van der Waals surface area (Å²) in [6.45, 7) is 2.64. The molecule has 0 saturated carbocycles. The first-order valence-electron chi connectivity index (χ1n) is 6.78. The molecule has 0 atom stereocenters. The van der Waals surface area contributed by atoms with Crippen LogP contribution in [0.25, 0.3) is 0 Å². The molecule has 0 spiro atoms. The third kappa shape index (κ3) is 4.08. The Morgan fingerprint density at radius 3 is 2.24 bits per heavy atom. The van der Waals surface area contributed by atoms with E-state index in [1.165, 1.54) is 13.8 Å². The van der Waals surface area contributed by atoms with E-state index in [4.69, 9.17) is 14.6 Å². The van der Waals surface area contributed by atoms with Gasteiger partial charge in [-0.3, -0.25) is 0 Å². The maximum atomic E-state index is 12.8. The molecule has 1 saturated heterocycles. The number of esters is 2. The summed E-state index contributed by atoms with van der Waals surface area (Å²) in [5.74, 6) is -5.09. The van der Waals surface area contributed by atoms with Gasteiger partial charge in [0.1, 0.15) is 0 Å². The normalized spacial score (nSPS) is 16.8. The average molecular weight is 359 g/mol. The van der Waals surface area contributed by atoms with Crippen LogP contribution in [0.2, 0.25) is 0 Å². The van der Waals surface area contributed by atoms with E-state index in [0.717, 1.165) is 12.3 Å². The summed E-state index contributed by atoms with van der Waals surface area (Å²) in [5.41, 5.74) is -2.66. The zero-order valence-corrected chi connectivity index (χ0v) is 12.9. The Morgan fingerprint density at radius 2 is 1.76 bits per heavy atom. The molecule has 1 fully saturated rings. The number of anilines is 1. The number of hydrogen-bond acceptors (Lipinski definition) is 6. The van der Waals surface area contributed by atoms with Crippen LogP contribution in [0.1, 0.15) is 29.8 Å². The molecule has 10 heteroatoms. The van der Waals surface area contributed by atoms with Gasteiger partial charge >= 0.3 is 24.1 Å². The lowest BCUT2D eigenvalue weighted by molar-refractivity contribution is -0.222. The Bertz CT molecular complexity index is 760. The van der Waals surface area contributed by atoms with Gasteiger partial charge in [0, 0.05) is 20.0 Å². The second-order valence-electron chi connectivity index (χ2n) is 5.44. The van der Waals surface area contributed by atoms with E-state index < -0.39 is 52.3 Å². The molecule has 1 aromatic carbocycles. The number of aromatic carboxylic acids is 1. The third-order valence-electron chi connectivity index (χ3n) is 3.07. The van der Waals surface area contributed by atoms with Gasteiger partial charge in [-0.05, 0) is 18.2 Å². The fraction of sp³-hybridized carbons (Fsp3) is 0.267. The molecule has 0 aliphatic carbocycles. The molecular weight excluding hydrogens is 347 g/mol. The van der Waals surface area contributed by atoms with Gasteiger partial charge in [0.05, 0.1) is 16.8 Å². The van der Waals surface area contributed by atoms with Gasteiger partial charge in [0.15, 0.2) is 5.57 Å². The fourth-order valence-corrected chi connectivity index (χ4v) is 1.95. The van der Waals surface area contributed by atoms with Crippen molar-refractivity contribution < 1.29 is 42.1 Å². The van der Waals surface area contributed by atoms with Crippen molar-refractivity contribution in [1.29, 1.82) is 0 Å². The van der Waals surface area contributed by atoms with Crippen LogP contribution in [0.4, 0.5) is 18.9 Å². The van der Waals surface area contributed by atoms with Crippen LogP contribution in [0, 0.1) is 0 Å². The maximum Gasteiger partial charge on any atom is 0.416 e. The Labute approximate surface area is 139 Å². The monoisotopic (exact) mass is 359 g/mol. The molecule has 25 heavy (non-hydrogen) atoms. The lowest BCUT2D eigenvalue weighted by atomic mass is 10.1. The van der Waals surface area contributed by atoms with Crippen molar-refractivity contribution in [3.63, 3.8) is 0 Å². The van der Waals surface area contributed by atoms with Crippen LogP contribution in [-0.2, 0) is 25.2 Å². The predicted molar refractivity (Wildman–Crippen MR) is 76.4 cm³/mol. The topological polar surface area (TPSA) is 102 Å². The number of hydrogen-bond donors (Lipinski definition) is 2. The number of benzene rings is 1. The number of halogens is 3. The van der Waals surface area contributed by atoms with E-state index in [2.05, 4.69) is 5.32 Å². The minimum Gasteiger partial charge on any atom is -0.478 e. The number of cyclic esters (lactones) is 2. The number of rotatable bonds is 3. The fourth-order valence-electron chi connectivity index (χ4n) is 1.95. The van der Waals surface area contributed by atoms with E-state index in [1.807, 2.05) is 0 Å². The van der Waals surface area contributed by atoms with Crippen molar-refractivity contribution >= 4 is 23.6 Å². The van der Waals surface area contributed by atoms with Crippen molar-refractivity contribution in [2.75, 3.05) is 5.32 Å². The summed E-state index contributed by atoms with van der Waals surface area (Å²) >= 11 is 0. The smallest absolute Gasteiger partial charge is 0.416 e. The van der Waals surface area contributed by atoms with Crippen LogP contribution in [-0.4, -0.2) is 28.8 Å². The molecule has 0 bridgehead atoms. The van der Waals surface area contributed by atoms with Crippen molar-refractivity contribution in [1.82, 2.24) is 0 Å². The summed E-state index contributed by atoms with van der Waals surface area (Å²) in [6, 6.07) is 1.91. The number of carbonyl (C=O) groups is 3. The molecule has 1 heterocycles. The largest absolute Gasteiger partial charge is 0.478 e. The van der Waals surface area contributed by atoms with E-state index in [0.29, 0.717) is 12.1 Å². The second-order valence-corrected chi connectivity index (χ2v) is 5.44. The van der Waals surface area contributed by atoms with Gasteiger partial charge < -0.3 is 19.9 Å². The van der Waals surface area contributed by atoms with Crippen LogP contribution < -0.4 is 5.32 Å². The van der Waals surface area contributed by atoms with Gasteiger partial charge in [0.25, 0.3) is 5.79 Å². The molecule has 7 nitrogen and oxygen atoms in total. The van der Waals surface area contributed by atoms with E-state index in [1.54, 1.807) is 0 Å². The predicted octanol–water partition coefficient (Wildman–Crippen LogP) is 2.54. The lowest BCUT2D eigenvalue weighted by Crippen LogP contribution is -2.42. The van der Waals surface area contributed by atoms with Crippen molar-refractivity contribution in [3.05, 3.63) is 41.1 Å². The van der Waals surface area contributed by atoms with Crippen molar-refractivity contribution in [3.8, 4) is 0 Å². The summed E-state index contributed by atoms with van der Waals surface area (Å²) in [7, 11) is 0. The maximum absolute atomic E-state index is 12.8. The quantitative estimate of drug-likeness (QED) is 0.486. The lowest BCUT2D eigenvalue weighted by Gasteiger charge is -2.29. The number of alkyl halides is 3. The van der Waals surface area contributed by atoms with Crippen LogP contribution in [0.5, 0.6) is 0 Å². The van der Waals surface area contributed by atoms with E-state index in [9.17, 15) is 27.6 Å². The highest BCUT2D eigenvalue weighted by Gasteiger charge is 2.39. The molecule has 0 radical (unpaired) electrons. The van der Waals surface area contributed by atoms with Gasteiger partial charge in [-0.15, -0.1) is 0 Å². The highest BCUT2D eigenvalue weighted by Crippen LogP contribution is 2.32. The SMILES string of the molecule is CC1(C)OC(=O)C(=CNc2cc(C(F)(F)F)ccc2C(=O)O)C(=O)O1. The molecule has 2 rings (SSSR count). The molecule has 0 amide bonds. The second kappa shape index (κ2) is 6.11. The minimum absolute atomic E-state index is 0.458. The molecular formula is C15H12F3NO6. The number of nitrogens with one attached hydrogen (secondary N) is 1. The minimum atomic E-state index is -4.70. The molecule has 0 unspecified atom stereocenters. The van der Waals surface area contributed by atoms with E-state index in [-0.39, 0.29) is 0 Å². The highest BCUT2D eigenvalue weighted by atomic mass is 19.4. The molecule has 134 valence electrons. The van der Waals surface area contributed by atoms with Gasteiger partial charge in [0.2, 0.25) is 0 Å². The first-order valence-corrected chi connectivity index (χ1v) is 6.78. The van der Waals surface area contributed by atoms with Gasteiger partial charge in [-0.1, -0.05) is 0 Å². The summed E-state index contributed by atoms with van der Waals surface area (Å²) in [6.07, 6.45) is -3.96. The standard InChI is InChI=1S/C15H12F3NO6/c1-14(2)24-12(22)9(13(23)25-14)6-19-10-5-7(15(16,17)18)3-4-8(10)11(20)21/h3-6,19H,1-2H3,(H,20,21). The summed E-state index contributed by atoms with van der Waals surface area (Å²) < 4.78 is 47.9. The van der Waals surface area contributed by atoms with Crippen molar-refractivity contribution in [2.24, 2.45) is 0 Å². The van der Waals surface area contributed by atoms with Crippen LogP contribution >= 0.6 is 0 Å². The van der Waals surface area contributed by atoms with Crippen molar-refractivity contribution in [2.45, 2.75) is 25.8 Å². The first-order chi connectivity index (χ1) is 11.4. The Morgan fingerprint density at radius 1 is 1.20 bits per heavy atom. The van der Waals surface area contributed by atoms with Crippen LogP contribution in [0.3, 0.4) is 0 Å². The Balaban J connectivity index is 2.37. The number of carbonyl (C=O) groups excluding carboxylic acids is 2. The number of ether oxygens (including phenoxy) is 2. The average Bonchev–Trinajstić information content (AvgIpc) is 2.43. The van der Waals surface area contributed by atoms with Crippen LogP contribution in [0.15, 0.2) is 30.0 Å². The van der Waals surface area contributed by atoms with E-state index >= 15 is 0 Å². The molecule has 1 aromatic rings. The van der Waals surface area contributed by atoms with Gasteiger partial charge in [-0.2, -0.15) is 13.2 Å². The Hall–Kier alpha value is -3.04. The summed E-state index contributed by atoms with van der Waals surface area (Å²) in [4.78, 5) is 34.6. The zero-order chi connectivity index (χ0) is 19.0. The molecule has 0 aromatic heterocycles. The Kier molecular flexibility index (Phi) is 4.47. The number of carboxylic acid groups (broad SMARTS) is 1. The molecule has 1 aliphatic heterocycles. The summed E-state index contributed by atoms with van der Waals surface area (Å²) in [5, 5.41) is 11.3. The zero-order valence-electron chi connectivity index (χ0n) is 12.9. The highest BCUT2D eigenvalue weighted by molar-refractivity contribution is 6.15.